The number of thioether (sulfide) groups is 1. The molecule has 0 radical (unpaired) electrons. The third-order valence-corrected chi connectivity index (χ3v) is 2.96. The fraction of sp³-hybridized carbons (Fsp3) is 0.667. The van der Waals surface area contributed by atoms with Gasteiger partial charge in [0.1, 0.15) is 0 Å². The van der Waals surface area contributed by atoms with Crippen LogP contribution in [0.15, 0.2) is 0 Å². The fourth-order valence-corrected chi connectivity index (χ4v) is 2.24. The molecule has 0 aliphatic carbocycles. The molecule has 0 saturated carbocycles. The molecule has 2 heterocycles. The van der Waals surface area contributed by atoms with Gasteiger partial charge < -0.3 is 5.32 Å². The summed E-state index contributed by atoms with van der Waals surface area (Å²) >= 11 is 1.84. The van der Waals surface area contributed by atoms with Crippen LogP contribution in [0.3, 0.4) is 0 Å². The number of nitrogens with one attached hydrogen (secondary N) is 2. The molecule has 0 spiro atoms. The highest BCUT2D eigenvalue weighted by Crippen LogP contribution is 2.24. The quantitative estimate of drug-likeness (QED) is 0.762. The van der Waals surface area contributed by atoms with Crippen molar-refractivity contribution in [3.05, 3.63) is 11.3 Å². The highest BCUT2D eigenvalue weighted by molar-refractivity contribution is 7.97. The Morgan fingerprint density at radius 3 is 3.23 bits per heavy atom. The van der Waals surface area contributed by atoms with Crippen LogP contribution in [0.5, 0.6) is 0 Å². The van der Waals surface area contributed by atoms with Crippen molar-refractivity contribution in [2.75, 3.05) is 18.1 Å². The van der Waals surface area contributed by atoms with Crippen LogP contribution in [0.4, 0.5) is 5.82 Å². The summed E-state index contributed by atoms with van der Waals surface area (Å²) in [5.74, 6) is 2.13. The molecule has 13 heavy (non-hydrogen) atoms. The van der Waals surface area contributed by atoms with Crippen molar-refractivity contribution >= 4 is 17.6 Å². The summed E-state index contributed by atoms with van der Waals surface area (Å²) < 4.78 is 0. The van der Waals surface area contributed by atoms with E-state index in [1.54, 1.807) is 0 Å². The Balaban J connectivity index is 2.23. The van der Waals surface area contributed by atoms with Crippen LogP contribution in [0.25, 0.3) is 0 Å². The van der Waals surface area contributed by atoms with Gasteiger partial charge in [-0.15, -0.1) is 0 Å². The first-order chi connectivity index (χ1) is 6.42. The molecule has 0 atom stereocenters. The van der Waals surface area contributed by atoms with E-state index in [2.05, 4.69) is 21.8 Å². The molecule has 4 heteroatoms. The van der Waals surface area contributed by atoms with Crippen molar-refractivity contribution in [1.29, 1.82) is 0 Å². The highest BCUT2D eigenvalue weighted by atomic mass is 32.2. The van der Waals surface area contributed by atoms with Crippen molar-refractivity contribution in [2.24, 2.45) is 0 Å². The normalized spacial score (nSPS) is 16.1. The molecule has 0 amide bonds. The molecule has 1 aliphatic rings. The zero-order valence-corrected chi connectivity index (χ0v) is 8.71. The lowest BCUT2D eigenvalue weighted by molar-refractivity contribution is 0.778. The molecule has 2 rings (SSSR count). The number of anilines is 1. The Labute approximate surface area is 82.7 Å². The van der Waals surface area contributed by atoms with Crippen molar-refractivity contribution in [3.63, 3.8) is 0 Å². The van der Waals surface area contributed by atoms with Gasteiger partial charge in [0.2, 0.25) is 0 Å². The van der Waals surface area contributed by atoms with Gasteiger partial charge >= 0.3 is 0 Å². The number of H-pyrrole nitrogens is 1. The second-order valence-corrected chi connectivity index (χ2v) is 4.21. The zero-order chi connectivity index (χ0) is 9.10. The van der Waals surface area contributed by atoms with Crippen LogP contribution in [-0.4, -0.2) is 23.0 Å². The molecular formula is C9H15N3S. The Morgan fingerprint density at radius 1 is 1.46 bits per heavy atom. The molecule has 0 unspecified atom stereocenters. The standard InChI is InChI=1S/C9H15N3S/c1-13-6-8-7-4-2-3-5-10-9(7)12-11-8/h2-6H2,1H3,(H2,10,11,12). The van der Waals surface area contributed by atoms with E-state index in [0.717, 1.165) is 18.1 Å². The van der Waals surface area contributed by atoms with Crippen molar-refractivity contribution in [1.82, 2.24) is 10.2 Å². The topological polar surface area (TPSA) is 40.7 Å². The molecule has 0 saturated heterocycles. The predicted molar refractivity (Wildman–Crippen MR) is 57.2 cm³/mol. The minimum atomic E-state index is 1.05. The molecular weight excluding hydrogens is 182 g/mol. The number of fused-ring (bicyclic) bond motifs is 1. The SMILES string of the molecule is CSCc1[nH]nc2c1CCCCN2. The second-order valence-electron chi connectivity index (χ2n) is 3.35. The maximum atomic E-state index is 4.29. The number of aromatic nitrogens is 2. The van der Waals surface area contributed by atoms with Gasteiger partial charge in [0, 0.05) is 17.9 Å². The monoisotopic (exact) mass is 197 g/mol. The summed E-state index contributed by atoms with van der Waals surface area (Å²) in [6.07, 6.45) is 5.84. The van der Waals surface area contributed by atoms with Gasteiger partial charge in [0.25, 0.3) is 0 Å². The van der Waals surface area contributed by atoms with Crippen LogP contribution >= 0.6 is 11.8 Å². The van der Waals surface area contributed by atoms with Gasteiger partial charge in [-0.2, -0.15) is 16.9 Å². The Morgan fingerprint density at radius 2 is 2.38 bits per heavy atom. The fourth-order valence-electron chi connectivity index (χ4n) is 1.71. The van der Waals surface area contributed by atoms with Crippen LogP contribution in [0.2, 0.25) is 0 Å². The number of nitrogens with zero attached hydrogens (tertiary/aromatic N) is 1. The highest BCUT2D eigenvalue weighted by Gasteiger charge is 2.14. The van der Waals surface area contributed by atoms with Crippen LogP contribution in [0, 0.1) is 0 Å². The molecule has 1 aromatic rings. The number of hydrogen-bond acceptors (Lipinski definition) is 3. The molecule has 1 aromatic heterocycles. The van der Waals surface area contributed by atoms with E-state index in [1.165, 1.54) is 30.5 Å². The number of hydrogen-bond donors (Lipinski definition) is 2. The number of rotatable bonds is 2. The number of aromatic amines is 1. The summed E-state index contributed by atoms with van der Waals surface area (Å²) in [6.45, 7) is 1.07. The largest absolute Gasteiger partial charge is 0.368 e. The van der Waals surface area contributed by atoms with Crippen LogP contribution < -0.4 is 5.32 Å². The maximum absolute atomic E-state index is 4.29. The van der Waals surface area contributed by atoms with E-state index in [1.807, 2.05) is 11.8 Å². The van der Waals surface area contributed by atoms with E-state index in [9.17, 15) is 0 Å². The first-order valence-electron chi connectivity index (χ1n) is 4.70. The summed E-state index contributed by atoms with van der Waals surface area (Å²) in [5.41, 5.74) is 2.71. The van der Waals surface area contributed by atoms with Crippen LogP contribution in [0.1, 0.15) is 24.1 Å². The Bertz CT molecular complexity index is 282. The zero-order valence-electron chi connectivity index (χ0n) is 7.89. The first-order valence-corrected chi connectivity index (χ1v) is 6.10. The average Bonchev–Trinajstić information content (AvgIpc) is 2.38. The molecule has 0 aromatic carbocycles. The first kappa shape index (κ1) is 8.94. The lowest BCUT2D eigenvalue weighted by atomic mass is 10.1. The summed E-state index contributed by atoms with van der Waals surface area (Å²) in [4.78, 5) is 0. The van der Waals surface area contributed by atoms with E-state index < -0.39 is 0 Å². The van der Waals surface area contributed by atoms with Crippen molar-refractivity contribution < 1.29 is 0 Å². The molecule has 72 valence electrons. The molecule has 2 N–H and O–H groups in total. The second kappa shape index (κ2) is 4.05. The van der Waals surface area contributed by atoms with E-state index in [0.29, 0.717) is 0 Å². The van der Waals surface area contributed by atoms with Gasteiger partial charge in [0.05, 0.1) is 5.69 Å². The minimum Gasteiger partial charge on any atom is -0.368 e. The average molecular weight is 197 g/mol. The van der Waals surface area contributed by atoms with Gasteiger partial charge in [-0.1, -0.05) is 0 Å². The van der Waals surface area contributed by atoms with Gasteiger partial charge in [-0.05, 0) is 25.5 Å². The third-order valence-electron chi connectivity index (χ3n) is 2.39. The van der Waals surface area contributed by atoms with E-state index in [4.69, 9.17) is 0 Å². The molecule has 3 nitrogen and oxygen atoms in total. The maximum Gasteiger partial charge on any atom is 0.151 e. The van der Waals surface area contributed by atoms with Gasteiger partial charge in [-0.3, -0.25) is 5.10 Å². The summed E-state index contributed by atoms with van der Waals surface area (Å²) in [5, 5.41) is 10.7. The summed E-state index contributed by atoms with van der Waals surface area (Å²) in [7, 11) is 0. The van der Waals surface area contributed by atoms with Gasteiger partial charge in [0.15, 0.2) is 5.82 Å². The Hall–Kier alpha value is -0.640. The van der Waals surface area contributed by atoms with E-state index in [-0.39, 0.29) is 0 Å². The predicted octanol–water partition coefficient (Wildman–Crippen LogP) is 2.02. The lowest BCUT2D eigenvalue weighted by Crippen LogP contribution is -1.99. The Kier molecular flexibility index (Phi) is 2.78. The van der Waals surface area contributed by atoms with Crippen LogP contribution in [-0.2, 0) is 12.2 Å². The van der Waals surface area contributed by atoms with Crippen molar-refractivity contribution in [2.45, 2.75) is 25.0 Å². The summed E-state index contributed by atoms with van der Waals surface area (Å²) in [6, 6.07) is 0. The van der Waals surface area contributed by atoms with E-state index >= 15 is 0 Å². The minimum absolute atomic E-state index is 1.05. The lowest BCUT2D eigenvalue weighted by Gasteiger charge is -1.99. The van der Waals surface area contributed by atoms with Gasteiger partial charge in [-0.25, -0.2) is 0 Å². The molecule has 1 aliphatic heterocycles. The smallest absolute Gasteiger partial charge is 0.151 e. The third kappa shape index (κ3) is 1.82. The van der Waals surface area contributed by atoms with Crippen molar-refractivity contribution in [3.8, 4) is 0 Å². The molecule has 0 fully saturated rings. The molecule has 0 bridgehead atoms.